The van der Waals surface area contributed by atoms with Gasteiger partial charge in [-0.05, 0) is 84.7 Å². The van der Waals surface area contributed by atoms with Gasteiger partial charge in [0, 0.05) is 54.9 Å². The van der Waals surface area contributed by atoms with Gasteiger partial charge in [0.25, 0.3) is 6.71 Å². The molecule has 0 N–H and O–H groups in total. The van der Waals surface area contributed by atoms with Gasteiger partial charge in [-0.25, -0.2) is 0 Å². The second-order valence-corrected chi connectivity index (χ2v) is 20.7. The van der Waals surface area contributed by atoms with Gasteiger partial charge in [0.05, 0.1) is 27.6 Å². The first-order valence-electron chi connectivity index (χ1n) is 20.8. The smallest absolute Gasteiger partial charge is 0.252 e. The van der Waals surface area contributed by atoms with Crippen LogP contribution in [0.15, 0.2) is 182 Å². The molecule has 59 heavy (non-hydrogen) atoms. The summed E-state index contributed by atoms with van der Waals surface area (Å²) in [5.74, 6) is 0. The van der Waals surface area contributed by atoms with E-state index in [1.165, 1.54) is 131 Å². The summed E-state index contributed by atoms with van der Waals surface area (Å²) in [4.78, 5) is 0. The Balaban J connectivity index is 1.17. The zero-order chi connectivity index (χ0) is 37.9. The highest BCUT2D eigenvalue weighted by atomic mass is 28.3. The fraction of sp³-hybridized carbons (Fsp3) is 0. The maximum Gasteiger partial charge on any atom is 0.252 e. The van der Waals surface area contributed by atoms with Crippen molar-refractivity contribution in [3.8, 4) is 28.2 Å². The number of rotatable bonds is 1. The lowest BCUT2D eigenvalue weighted by Crippen LogP contribution is -2.76. The van der Waals surface area contributed by atoms with E-state index in [1.54, 1.807) is 0 Å². The maximum atomic E-state index is 2.73. The van der Waals surface area contributed by atoms with Crippen LogP contribution in [0.1, 0.15) is 0 Å². The van der Waals surface area contributed by atoms with Crippen LogP contribution in [-0.2, 0) is 0 Å². The van der Waals surface area contributed by atoms with Crippen LogP contribution in [0.2, 0.25) is 0 Å². The molecular formula is C54H30BN3Si. The molecule has 5 heteroatoms. The highest BCUT2D eigenvalue weighted by Gasteiger charge is 2.55. The van der Waals surface area contributed by atoms with Gasteiger partial charge in [-0.3, -0.25) is 0 Å². The molecule has 0 fully saturated rings. The molecule has 0 amide bonds. The van der Waals surface area contributed by atoms with Crippen molar-refractivity contribution < 1.29 is 0 Å². The summed E-state index contributed by atoms with van der Waals surface area (Å²) < 4.78 is 7.90. The molecule has 3 nitrogen and oxygen atoms in total. The van der Waals surface area contributed by atoms with Crippen molar-refractivity contribution in [3.05, 3.63) is 182 Å². The van der Waals surface area contributed by atoms with Crippen LogP contribution in [0.5, 0.6) is 0 Å². The Bertz CT molecular complexity index is 3930. The van der Waals surface area contributed by atoms with Crippen LogP contribution in [0.4, 0.5) is 0 Å². The van der Waals surface area contributed by atoms with Gasteiger partial charge < -0.3 is 13.7 Å². The number of aromatic nitrogens is 3. The molecule has 3 aromatic heterocycles. The average molecular weight is 760 g/mol. The maximum absolute atomic E-state index is 2.78. The zero-order valence-corrected chi connectivity index (χ0v) is 32.7. The standard InChI is InChI=1S/C54H30BN3Si/c1-2-14-31(15-3-1)56-40-23-8-4-18-36(40)48-43(56)30-39-53-49(48)37-19-5-9-24-41(37)57(53)42-28-29-47-54-50(42)55(39)38-22-12-20-34-35-21-13-27-46(52(35)58(54)51(34)38)59(47)44-25-10-6-16-32(44)33-17-7-11-26-45(33)59/h1-30H. The Hall–Kier alpha value is -7.34. The molecule has 7 heterocycles. The second-order valence-electron chi connectivity index (χ2n) is 17.1. The van der Waals surface area contributed by atoms with Gasteiger partial charge in [0.15, 0.2) is 8.07 Å². The van der Waals surface area contributed by atoms with E-state index in [-0.39, 0.29) is 6.71 Å². The monoisotopic (exact) mass is 759 g/mol. The minimum absolute atomic E-state index is 0.0471. The molecule has 4 aliphatic heterocycles. The van der Waals surface area contributed by atoms with Gasteiger partial charge in [0.1, 0.15) is 0 Å². The summed E-state index contributed by atoms with van der Waals surface area (Å²) >= 11 is 0. The van der Waals surface area contributed by atoms with Crippen LogP contribution in [0.3, 0.4) is 0 Å². The lowest BCUT2D eigenvalue weighted by molar-refractivity contribution is 1.15. The van der Waals surface area contributed by atoms with E-state index in [4.69, 9.17) is 0 Å². The van der Waals surface area contributed by atoms with Crippen LogP contribution < -0.4 is 37.1 Å². The molecule has 16 rings (SSSR count). The van der Waals surface area contributed by atoms with Crippen molar-refractivity contribution in [2.75, 3.05) is 0 Å². The summed E-state index contributed by atoms with van der Waals surface area (Å²) in [6.07, 6.45) is 0. The third-order valence-electron chi connectivity index (χ3n) is 14.8. The number of nitrogens with zero attached hydrogens (tertiary/aromatic N) is 3. The minimum Gasteiger partial charge on any atom is -0.310 e. The summed E-state index contributed by atoms with van der Waals surface area (Å²) in [5, 5.41) is 14.1. The number of para-hydroxylation sites is 5. The number of benzene rings is 9. The van der Waals surface area contributed by atoms with Gasteiger partial charge in [-0.15, -0.1) is 0 Å². The van der Waals surface area contributed by atoms with Crippen molar-refractivity contribution in [2.24, 2.45) is 0 Å². The predicted octanol–water partition coefficient (Wildman–Crippen LogP) is 7.79. The van der Waals surface area contributed by atoms with E-state index in [9.17, 15) is 0 Å². The number of hydrogen-bond donors (Lipinski definition) is 0. The molecule has 0 saturated carbocycles. The fourth-order valence-electron chi connectivity index (χ4n) is 12.9. The van der Waals surface area contributed by atoms with Gasteiger partial charge in [-0.2, -0.15) is 0 Å². The van der Waals surface area contributed by atoms with E-state index >= 15 is 0 Å². The van der Waals surface area contributed by atoms with Crippen molar-refractivity contribution in [1.82, 2.24) is 13.7 Å². The predicted molar refractivity (Wildman–Crippen MR) is 250 cm³/mol. The molecule has 4 aliphatic rings. The van der Waals surface area contributed by atoms with Gasteiger partial charge >= 0.3 is 0 Å². The van der Waals surface area contributed by atoms with Crippen molar-refractivity contribution >= 4 is 117 Å². The highest BCUT2D eigenvalue weighted by Crippen LogP contribution is 2.45. The molecule has 268 valence electrons. The zero-order valence-electron chi connectivity index (χ0n) is 31.7. The molecule has 0 atom stereocenters. The van der Waals surface area contributed by atoms with Gasteiger partial charge in [0.2, 0.25) is 0 Å². The van der Waals surface area contributed by atoms with Crippen LogP contribution in [-0.4, -0.2) is 28.5 Å². The first kappa shape index (κ1) is 29.8. The van der Waals surface area contributed by atoms with Crippen molar-refractivity contribution in [3.63, 3.8) is 0 Å². The normalized spacial score (nSPS) is 14.5. The quantitative estimate of drug-likeness (QED) is 0.152. The molecule has 0 aliphatic carbocycles. The van der Waals surface area contributed by atoms with E-state index in [0.717, 1.165) is 0 Å². The number of fused-ring (bicyclic) bond motifs is 18. The molecule has 0 unspecified atom stereocenters. The topological polar surface area (TPSA) is 14.8 Å². The Morgan fingerprint density at radius 1 is 0.373 bits per heavy atom. The Morgan fingerprint density at radius 3 is 1.76 bits per heavy atom. The third kappa shape index (κ3) is 3.07. The molecule has 12 aromatic rings. The summed E-state index contributed by atoms with van der Waals surface area (Å²) in [5.41, 5.74) is 18.8. The van der Waals surface area contributed by atoms with Crippen LogP contribution >= 0.6 is 0 Å². The molecule has 9 aromatic carbocycles. The van der Waals surface area contributed by atoms with E-state index in [1.807, 2.05) is 0 Å². The van der Waals surface area contributed by atoms with E-state index < -0.39 is 8.07 Å². The summed E-state index contributed by atoms with van der Waals surface area (Å²) in [6, 6.07) is 70.0. The Labute approximate surface area is 339 Å². The lowest BCUT2D eigenvalue weighted by Gasteiger charge is -2.42. The molecule has 1 spiro atoms. The summed E-state index contributed by atoms with van der Waals surface area (Å²) in [6.45, 7) is 0.0471. The lowest BCUT2D eigenvalue weighted by atomic mass is 9.34. The van der Waals surface area contributed by atoms with Crippen molar-refractivity contribution in [2.45, 2.75) is 0 Å². The Morgan fingerprint density at radius 2 is 0.983 bits per heavy atom. The summed E-state index contributed by atoms with van der Waals surface area (Å²) in [7, 11) is -2.78. The fourth-order valence-corrected chi connectivity index (χ4v) is 18.5. The average Bonchev–Trinajstić information content (AvgIpc) is 4.02. The van der Waals surface area contributed by atoms with E-state index in [2.05, 4.69) is 196 Å². The second kappa shape index (κ2) is 9.84. The molecular weight excluding hydrogens is 730 g/mol. The number of hydrogen-bond acceptors (Lipinski definition) is 0. The Kier molecular flexibility index (Phi) is 4.98. The molecule has 0 saturated heterocycles. The molecule has 0 bridgehead atoms. The molecule has 0 radical (unpaired) electrons. The minimum atomic E-state index is -2.78. The van der Waals surface area contributed by atoms with Gasteiger partial charge in [-0.1, -0.05) is 146 Å². The van der Waals surface area contributed by atoms with Crippen molar-refractivity contribution in [1.29, 1.82) is 0 Å². The van der Waals surface area contributed by atoms with Crippen LogP contribution in [0, 0.1) is 0 Å². The SMILES string of the molecule is c1ccc(-n2c3ccccc3c3c4c5ccccc5n5c4c(cc32)B2c3c-5ccc4c3-n3c5c2cccc5c2cccc(c23)[Si]42c3ccccc3-c3ccccc32)cc1. The first-order chi connectivity index (χ1) is 29.3. The largest absolute Gasteiger partial charge is 0.310 e. The van der Waals surface area contributed by atoms with Crippen LogP contribution in [0.25, 0.3) is 93.6 Å². The van der Waals surface area contributed by atoms with E-state index in [0.29, 0.717) is 0 Å². The first-order valence-corrected chi connectivity index (χ1v) is 22.8. The highest BCUT2D eigenvalue weighted by molar-refractivity contribution is 7.24. The third-order valence-corrected chi connectivity index (χ3v) is 19.7.